The smallest absolute Gasteiger partial charge is 0.417 e. The van der Waals surface area contributed by atoms with Gasteiger partial charge in [-0.15, -0.1) is 0 Å². The fraction of sp³-hybridized carbons (Fsp3) is 0.208. The summed E-state index contributed by atoms with van der Waals surface area (Å²) in [7, 11) is 0. The lowest BCUT2D eigenvalue weighted by molar-refractivity contribution is -0.136. The van der Waals surface area contributed by atoms with Crippen LogP contribution in [0.3, 0.4) is 0 Å². The van der Waals surface area contributed by atoms with Crippen LogP contribution in [-0.2, 0) is 12.6 Å². The first-order valence-electron chi connectivity index (χ1n) is 10.3. The molecule has 2 aromatic carbocycles. The Balaban J connectivity index is 2.14. The second kappa shape index (κ2) is 8.82. The first-order chi connectivity index (χ1) is 15.7. The zero-order chi connectivity index (χ0) is 23.8. The van der Waals surface area contributed by atoms with E-state index in [-0.39, 0.29) is 16.1 Å². The summed E-state index contributed by atoms with van der Waals surface area (Å²) in [5.41, 5.74) is -0.227. The Labute approximate surface area is 192 Å². The maximum absolute atomic E-state index is 14.1. The van der Waals surface area contributed by atoms with Crippen molar-refractivity contribution in [3.63, 3.8) is 0 Å². The van der Waals surface area contributed by atoms with Crippen LogP contribution in [0.25, 0.3) is 28.0 Å². The zero-order valence-electron chi connectivity index (χ0n) is 17.9. The molecule has 0 atom stereocenters. The number of benzene rings is 2. The Morgan fingerprint density at radius 2 is 1.79 bits per heavy atom. The van der Waals surface area contributed by atoms with Gasteiger partial charge in [-0.2, -0.15) is 13.2 Å². The summed E-state index contributed by atoms with van der Waals surface area (Å²) in [4.78, 5) is 19.5. The van der Waals surface area contributed by atoms with Crippen LogP contribution >= 0.6 is 12.2 Å². The molecule has 0 saturated heterocycles. The van der Waals surface area contributed by atoms with Crippen LogP contribution in [0.2, 0.25) is 0 Å². The van der Waals surface area contributed by atoms with E-state index in [1.54, 1.807) is 43.3 Å². The molecule has 2 aromatic heterocycles. The highest BCUT2D eigenvalue weighted by atomic mass is 32.1. The number of hydrogen-bond donors (Lipinski definition) is 1. The Morgan fingerprint density at radius 3 is 2.42 bits per heavy atom. The molecular formula is C24H20F3N3O2S. The van der Waals surface area contributed by atoms with E-state index in [0.717, 1.165) is 18.1 Å². The minimum atomic E-state index is -4.79. The number of aromatic nitrogens is 3. The number of nitrogens with zero attached hydrogens (tertiary/aromatic N) is 2. The first kappa shape index (κ1) is 22.7. The number of rotatable bonds is 5. The van der Waals surface area contributed by atoms with Gasteiger partial charge in [-0.3, -0.25) is 14.3 Å². The number of ether oxygens (including phenoxy) is 1. The average molecular weight is 472 g/mol. The van der Waals surface area contributed by atoms with Crippen molar-refractivity contribution in [1.29, 1.82) is 0 Å². The molecule has 0 aliphatic rings. The van der Waals surface area contributed by atoms with Crippen molar-refractivity contribution in [2.24, 2.45) is 0 Å². The molecule has 4 rings (SSSR count). The minimum Gasteiger partial charge on any atom is -0.492 e. The standard InChI is InChI=1S/C24H20F3N3O2S/c1-3-14-9-11-15(12-10-14)17-13-16(24(25,26)27)20-21(28-17)30(23(33)29-22(20)31)18-7-5-6-8-19(18)32-4-2/h5-13H,3-4H2,1-2H3,(H,29,31,33). The molecule has 0 bridgehead atoms. The number of hydrogen-bond acceptors (Lipinski definition) is 4. The molecule has 2 heterocycles. The fourth-order valence-electron chi connectivity index (χ4n) is 3.65. The highest BCUT2D eigenvalue weighted by Crippen LogP contribution is 2.36. The van der Waals surface area contributed by atoms with Crippen molar-refractivity contribution in [3.8, 4) is 22.7 Å². The van der Waals surface area contributed by atoms with E-state index in [1.807, 2.05) is 19.1 Å². The molecule has 0 aliphatic heterocycles. The number of fused-ring (bicyclic) bond motifs is 1. The monoisotopic (exact) mass is 471 g/mol. The zero-order valence-corrected chi connectivity index (χ0v) is 18.7. The quantitative estimate of drug-likeness (QED) is 0.358. The molecule has 33 heavy (non-hydrogen) atoms. The molecule has 0 amide bonds. The van der Waals surface area contributed by atoms with Gasteiger partial charge in [-0.1, -0.05) is 43.3 Å². The van der Waals surface area contributed by atoms with E-state index in [2.05, 4.69) is 9.97 Å². The third-order valence-electron chi connectivity index (χ3n) is 5.23. The van der Waals surface area contributed by atoms with Crippen molar-refractivity contribution >= 4 is 23.3 Å². The second-order valence-corrected chi connectivity index (χ2v) is 7.68. The number of aryl methyl sites for hydroxylation is 1. The van der Waals surface area contributed by atoms with Gasteiger partial charge in [0.2, 0.25) is 0 Å². The van der Waals surface area contributed by atoms with Gasteiger partial charge in [0.1, 0.15) is 5.75 Å². The number of nitrogens with one attached hydrogen (secondary N) is 1. The molecule has 0 fully saturated rings. The molecule has 0 unspecified atom stereocenters. The summed E-state index contributed by atoms with van der Waals surface area (Å²) < 4.78 is 49.2. The molecule has 1 N–H and O–H groups in total. The first-order valence-corrected chi connectivity index (χ1v) is 10.7. The average Bonchev–Trinajstić information content (AvgIpc) is 2.79. The van der Waals surface area contributed by atoms with Crippen LogP contribution in [-0.4, -0.2) is 21.1 Å². The number of alkyl halides is 3. The van der Waals surface area contributed by atoms with Crippen molar-refractivity contribution < 1.29 is 17.9 Å². The molecule has 9 heteroatoms. The molecular weight excluding hydrogens is 451 g/mol. The molecule has 0 spiro atoms. The second-order valence-electron chi connectivity index (χ2n) is 7.30. The third-order valence-corrected chi connectivity index (χ3v) is 5.52. The van der Waals surface area contributed by atoms with E-state index >= 15 is 0 Å². The molecule has 4 aromatic rings. The molecule has 0 saturated carbocycles. The molecule has 0 aliphatic carbocycles. The highest BCUT2D eigenvalue weighted by Gasteiger charge is 2.35. The number of H-pyrrole nitrogens is 1. The van der Waals surface area contributed by atoms with Gasteiger partial charge in [0.05, 0.1) is 28.9 Å². The molecule has 0 radical (unpaired) electrons. The number of para-hydroxylation sites is 2. The van der Waals surface area contributed by atoms with E-state index in [4.69, 9.17) is 17.0 Å². The van der Waals surface area contributed by atoms with Crippen molar-refractivity contribution in [2.75, 3.05) is 6.61 Å². The van der Waals surface area contributed by atoms with E-state index in [9.17, 15) is 18.0 Å². The van der Waals surface area contributed by atoms with Crippen LogP contribution in [0.1, 0.15) is 25.0 Å². The van der Waals surface area contributed by atoms with Crippen molar-refractivity contribution in [1.82, 2.24) is 14.5 Å². The maximum atomic E-state index is 14.1. The highest BCUT2D eigenvalue weighted by molar-refractivity contribution is 7.71. The van der Waals surface area contributed by atoms with Gasteiger partial charge in [-0.05, 0) is 49.3 Å². The van der Waals surface area contributed by atoms with Gasteiger partial charge in [0.25, 0.3) is 5.56 Å². The Hall–Kier alpha value is -3.46. The van der Waals surface area contributed by atoms with Crippen LogP contribution < -0.4 is 10.3 Å². The normalized spacial score (nSPS) is 11.7. The predicted octanol–water partition coefficient (Wildman–Crippen LogP) is 6.09. The topological polar surface area (TPSA) is 59.9 Å². The number of pyridine rings is 1. The minimum absolute atomic E-state index is 0.0834. The largest absolute Gasteiger partial charge is 0.492 e. The fourth-order valence-corrected chi connectivity index (χ4v) is 3.93. The summed E-state index contributed by atoms with van der Waals surface area (Å²) in [6, 6.07) is 14.8. The van der Waals surface area contributed by atoms with E-state index < -0.39 is 22.7 Å². The van der Waals surface area contributed by atoms with E-state index in [1.165, 1.54) is 4.57 Å². The van der Waals surface area contributed by atoms with Gasteiger partial charge in [-0.25, -0.2) is 4.98 Å². The van der Waals surface area contributed by atoms with Crippen LogP contribution in [0.15, 0.2) is 59.4 Å². The lowest BCUT2D eigenvalue weighted by atomic mass is 10.0. The summed E-state index contributed by atoms with van der Waals surface area (Å²) in [6.07, 6.45) is -3.99. The Morgan fingerprint density at radius 1 is 1.09 bits per heavy atom. The predicted molar refractivity (Wildman–Crippen MR) is 124 cm³/mol. The van der Waals surface area contributed by atoms with E-state index in [0.29, 0.717) is 23.6 Å². The Kier molecular flexibility index (Phi) is 6.07. The van der Waals surface area contributed by atoms with Gasteiger partial charge < -0.3 is 4.74 Å². The summed E-state index contributed by atoms with van der Waals surface area (Å²) >= 11 is 5.35. The summed E-state index contributed by atoms with van der Waals surface area (Å²) in [5, 5.41) is -0.587. The van der Waals surface area contributed by atoms with Crippen LogP contribution in [0.5, 0.6) is 5.75 Å². The SMILES string of the molecule is CCOc1ccccc1-n1c(=S)[nH]c(=O)c2c(C(F)(F)F)cc(-c3ccc(CC)cc3)nc21. The van der Waals surface area contributed by atoms with Gasteiger partial charge in [0, 0.05) is 5.56 Å². The van der Waals surface area contributed by atoms with Crippen molar-refractivity contribution in [3.05, 3.63) is 80.8 Å². The Bertz CT molecular complexity index is 1440. The van der Waals surface area contributed by atoms with Gasteiger partial charge >= 0.3 is 6.18 Å². The van der Waals surface area contributed by atoms with Crippen molar-refractivity contribution in [2.45, 2.75) is 26.4 Å². The maximum Gasteiger partial charge on any atom is 0.417 e. The third kappa shape index (κ3) is 4.28. The lowest BCUT2D eigenvalue weighted by Gasteiger charge is -2.18. The van der Waals surface area contributed by atoms with Crippen LogP contribution in [0.4, 0.5) is 13.2 Å². The number of halogens is 3. The van der Waals surface area contributed by atoms with Gasteiger partial charge in [0.15, 0.2) is 10.4 Å². The summed E-state index contributed by atoms with van der Waals surface area (Å²) in [5.74, 6) is 0.400. The molecule has 170 valence electrons. The number of aromatic amines is 1. The van der Waals surface area contributed by atoms with Crippen LogP contribution in [0, 0.1) is 4.77 Å². The lowest BCUT2D eigenvalue weighted by Crippen LogP contribution is -2.20. The summed E-state index contributed by atoms with van der Waals surface area (Å²) in [6.45, 7) is 4.11. The molecule has 5 nitrogen and oxygen atoms in total.